The van der Waals surface area contributed by atoms with Crippen LogP contribution in [-0.4, -0.2) is 73.6 Å². The van der Waals surface area contributed by atoms with Crippen LogP contribution in [0.15, 0.2) is 48.0 Å². The van der Waals surface area contributed by atoms with Gasteiger partial charge in [0.2, 0.25) is 0 Å². The number of methoxy groups -OCH3 is 2. The maximum Gasteiger partial charge on any atom is 0.295 e. The van der Waals surface area contributed by atoms with Gasteiger partial charge in [0.05, 0.1) is 32.4 Å². The van der Waals surface area contributed by atoms with Crippen LogP contribution in [0, 0.1) is 0 Å². The number of aliphatic hydroxyl groups excluding tert-OH is 1. The number of rotatable bonds is 11. The Morgan fingerprint density at radius 3 is 2.37 bits per heavy atom. The number of likely N-dealkylation sites (N-methyl/N-ethyl adjacent to an activating group) is 1. The van der Waals surface area contributed by atoms with E-state index < -0.39 is 17.7 Å². The van der Waals surface area contributed by atoms with Crippen LogP contribution in [-0.2, 0) is 9.59 Å². The number of nitrogens with zero attached hydrogens (tertiary/aromatic N) is 2. The maximum absolute atomic E-state index is 13.3. The number of aliphatic hydroxyl groups is 1. The second-order valence-electron chi connectivity index (χ2n) is 8.09. The van der Waals surface area contributed by atoms with Gasteiger partial charge in [-0.1, -0.05) is 26.0 Å². The predicted molar refractivity (Wildman–Crippen MR) is 134 cm³/mol. The van der Waals surface area contributed by atoms with Crippen molar-refractivity contribution < 1.29 is 28.9 Å². The van der Waals surface area contributed by atoms with E-state index in [1.54, 1.807) is 49.6 Å². The second-order valence-corrected chi connectivity index (χ2v) is 8.09. The van der Waals surface area contributed by atoms with Gasteiger partial charge >= 0.3 is 0 Å². The van der Waals surface area contributed by atoms with Crippen LogP contribution in [0.2, 0.25) is 0 Å². The predicted octanol–water partition coefficient (Wildman–Crippen LogP) is 3.87. The minimum atomic E-state index is -0.841. The van der Waals surface area contributed by atoms with Crippen LogP contribution in [0.4, 0.5) is 0 Å². The summed E-state index contributed by atoms with van der Waals surface area (Å²) in [4.78, 5) is 30.3. The summed E-state index contributed by atoms with van der Waals surface area (Å²) in [5.74, 6) is -0.0609. The number of hydrogen-bond donors (Lipinski definition) is 1. The molecule has 0 saturated carbocycles. The van der Waals surface area contributed by atoms with Gasteiger partial charge in [0.25, 0.3) is 11.7 Å². The number of ketones is 1. The Morgan fingerprint density at radius 2 is 1.74 bits per heavy atom. The topological polar surface area (TPSA) is 88.5 Å². The Bertz CT molecular complexity index is 1090. The summed E-state index contributed by atoms with van der Waals surface area (Å²) in [5, 5.41) is 11.4. The van der Waals surface area contributed by atoms with E-state index in [0.29, 0.717) is 48.1 Å². The van der Waals surface area contributed by atoms with Gasteiger partial charge in [0.1, 0.15) is 23.0 Å². The van der Waals surface area contributed by atoms with Crippen LogP contribution in [0.5, 0.6) is 17.2 Å². The van der Waals surface area contributed by atoms with Crippen LogP contribution in [0.3, 0.4) is 0 Å². The maximum atomic E-state index is 13.3. The van der Waals surface area contributed by atoms with Crippen molar-refractivity contribution in [3.63, 3.8) is 0 Å². The first kappa shape index (κ1) is 26.1. The van der Waals surface area contributed by atoms with Gasteiger partial charge in [0.15, 0.2) is 0 Å². The molecule has 1 N–H and O–H groups in total. The molecule has 1 unspecified atom stereocenters. The van der Waals surface area contributed by atoms with Gasteiger partial charge < -0.3 is 29.1 Å². The number of amides is 1. The van der Waals surface area contributed by atoms with Crippen LogP contribution in [0.1, 0.15) is 37.9 Å². The summed E-state index contributed by atoms with van der Waals surface area (Å²) >= 11 is 0. The summed E-state index contributed by atoms with van der Waals surface area (Å²) in [6, 6.07) is 11.2. The molecular formula is C27H34N2O6. The van der Waals surface area contributed by atoms with E-state index >= 15 is 0 Å². The Hall–Kier alpha value is -3.52. The molecule has 2 aromatic rings. The molecule has 1 amide bonds. The molecule has 1 heterocycles. The van der Waals surface area contributed by atoms with Gasteiger partial charge in [0, 0.05) is 24.2 Å². The molecular weight excluding hydrogens is 448 g/mol. The number of Topliss-reactive ketones (excluding diaryl/α,β-unsaturated/α-hetero) is 1. The first-order chi connectivity index (χ1) is 16.9. The highest BCUT2D eigenvalue weighted by molar-refractivity contribution is 6.46. The van der Waals surface area contributed by atoms with Gasteiger partial charge in [-0.2, -0.15) is 0 Å². The highest BCUT2D eigenvalue weighted by Gasteiger charge is 2.47. The van der Waals surface area contributed by atoms with E-state index in [-0.39, 0.29) is 11.3 Å². The van der Waals surface area contributed by atoms with Gasteiger partial charge in [-0.25, -0.2) is 0 Å². The number of ether oxygens (including phenoxy) is 3. The van der Waals surface area contributed by atoms with Crippen molar-refractivity contribution in [2.75, 3.05) is 47.0 Å². The average Bonchev–Trinajstić information content (AvgIpc) is 3.13. The molecule has 3 rings (SSSR count). The fourth-order valence-corrected chi connectivity index (χ4v) is 4.33. The second kappa shape index (κ2) is 11.8. The van der Waals surface area contributed by atoms with Gasteiger partial charge in [-0.05, 0) is 50.3 Å². The number of likely N-dealkylation sites (tertiary alicyclic amines) is 1. The van der Waals surface area contributed by atoms with Gasteiger partial charge in [-0.3, -0.25) is 9.59 Å². The van der Waals surface area contributed by atoms with E-state index in [1.807, 2.05) is 20.8 Å². The number of carbonyl (C=O) groups excluding carboxylic acids is 2. The normalized spacial score (nSPS) is 17.2. The highest BCUT2D eigenvalue weighted by Crippen LogP contribution is 2.44. The molecule has 0 radical (unpaired) electrons. The Morgan fingerprint density at radius 1 is 1.00 bits per heavy atom. The van der Waals surface area contributed by atoms with E-state index in [0.717, 1.165) is 13.1 Å². The number of carbonyl (C=O) groups is 2. The molecule has 8 nitrogen and oxygen atoms in total. The lowest BCUT2D eigenvalue weighted by atomic mass is 9.94. The molecule has 1 atom stereocenters. The standard InChI is InChI=1S/C27H34N2O6/c1-6-28(7-2)14-15-29-24(21-17-19(33-4)12-13-22(21)34-5)23(26(31)27(29)32)25(30)18-10-9-11-20(16-18)35-8-3/h9-13,16-17,24,30H,6-8,14-15H2,1-5H3/b25-23+. The first-order valence-electron chi connectivity index (χ1n) is 11.9. The average molecular weight is 483 g/mol. The van der Waals surface area contributed by atoms with E-state index in [2.05, 4.69) is 4.90 Å². The number of hydrogen-bond acceptors (Lipinski definition) is 7. The van der Waals surface area contributed by atoms with Crippen LogP contribution in [0.25, 0.3) is 5.76 Å². The lowest BCUT2D eigenvalue weighted by Gasteiger charge is -2.29. The van der Waals surface area contributed by atoms with Crippen molar-refractivity contribution in [3.05, 3.63) is 59.2 Å². The minimum Gasteiger partial charge on any atom is -0.507 e. The fraction of sp³-hybridized carbons (Fsp3) is 0.407. The quantitative estimate of drug-likeness (QED) is 0.296. The summed E-state index contributed by atoms with van der Waals surface area (Å²) in [6.07, 6.45) is 0. The largest absolute Gasteiger partial charge is 0.507 e. The SMILES string of the molecule is CCOc1cccc(/C(O)=C2\C(=O)C(=O)N(CCN(CC)CC)C2c2cc(OC)ccc2OC)c1. The fourth-order valence-electron chi connectivity index (χ4n) is 4.33. The third kappa shape index (κ3) is 5.43. The Kier molecular flexibility index (Phi) is 8.76. The monoisotopic (exact) mass is 482 g/mol. The molecule has 1 fully saturated rings. The van der Waals surface area contributed by atoms with Crippen molar-refractivity contribution in [1.29, 1.82) is 0 Å². The van der Waals surface area contributed by atoms with E-state index in [9.17, 15) is 14.7 Å². The third-order valence-corrected chi connectivity index (χ3v) is 6.24. The molecule has 8 heteroatoms. The Labute approximate surface area is 206 Å². The van der Waals surface area contributed by atoms with Crippen molar-refractivity contribution >= 4 is 17.4 Å². The van der Waals surface area contributed by atoms with Crippen LogP contribution >= 0.6 is 0 Å². The molecule has 1 aliphatic rings. The molecule has 0 bridgehead atoms. The molecule has 0 aliphatic carbocycles. The molecule has 2 aromatic carbocycles. The zero-order valence-corrected chi connectivity index (χ0v) is 21.0. The Balaban J connectivity index is 2.19. The molecule has 0 spiro atoms. The van der Waals surface area contributed by atoms with Crippen molar-refractivity contribution in [2.24, 2.45) is 0 Å². The lowest BCUT2D eigenvalue weighted by Crippen LogP contribution is -2.38. The lowest BCUT2D eigenvalue weighted by molar-refractivity contribution is -0.140. The summed E-state index contributed by atoms with van der Waals surface area (Å²) in [5.41, 5.74) is 0.965. The smallest absolute Gasteiger partial charge is 0.295 e. The zero-order valence-electron chi connectivity index (χ0n) is 21.0. The summed E-state index contributed by atoms with van der Waals surface area (Å²) in [7, 11) is 3.07. The molecule has 35 heavy (non-hydrogen) atoms. The summed E-state index contributed by atoms with van der Waals surface area (Å²) in [6.45, 7) is 8.95. The van der Waals surface area contributed by atoms with E-state index in [1.165, 1.54) is 12.0 Å². The molecule has 1 aliphatic heterocycles. The summed E-state index contributed by atoms with van der Waals surface area (Å²) < 4.78 is 16.6. The van der Waals surface area contributed by atoms with Crippen molar-refractivity contribution in [1.82, 2.24) is 9.80 Å². The molecule has 1 saturated heterocycles. The van der Waals surface area contributed by atoms with Crippen LogP contribution < -0.4 is 14.2 Å². The molecule has 0 aromatic heterocycles. The van der Waals surface area contributed by atoms with Crippen molar-refractivity contribution in [3.8, 4) is 17.2 Å². The number of benzene rings is 2. The van der Waals surface area contributed by atoms with E-state index in [4.69, 9.17) is 14.2 Å². The molecule has 188 valence electrons. The highest BCUT2D eigenvalue weighted by atomic mass is 16.5. The minimum absolute atomic E-state index is 0.00903. The first-order valence-corrected chi connectivity index (χ1v) is 11.9. The third-order valence-electron chi connectivity index (χ3n) is 6.24. The van der Waals surface area contributed by atoms with Gasteiger partial charge in [-0.15, -0.1) is 0 Å². The van der Waals surface area contributed by atoms with Crippen molar-refractivity contribution in [2.45, 2.75) is 26.8 Å². The zero-order chi connectivity index (χ0) is 25.5.